The van der Waals surface area contributed by atoms with Gasteiger partial charge in [0.25, 0.3) is 0 Å². The highest BCUT2D eigenvalue weighted by atomic mass is 32.1. The van der Waals surface area contributed by atoms with Crippen LogP contribution in [0, 0.1) is 0 Å². The van der Waals surface area contributed by atoms with Crippen LogP contribution in [-0.2, 0) is 11.2 Å². The molecule has 0 bridgehead atoms. The Kier molecular flexibility index (Phi) is 2.64. The minimum Gasteiger partial charge on any atom is -0.386 e. The van der Waals surface area contributed by atoms with Crippen LogP contribution >= 0.6 is 11.3 Å². The molecule has 1 aliphatic heterocycles. The van der Waals surface area contributed by atoms with Gasteiger partial charge in [-0.1, -0.05) is 0 Å². The summed E-state index contributed by atoms with van der Waals surface area (Å²) < 4.78 is 5.93. The van der Waals surface area contributed by atoms with Crippen molar-refractivity contribution in [3.63, 3.8) is 0 Å². The van der Waals surface area contributed by atoms with Gasteiger partial charge in [0.1, 0.15) is 5.60 Å². The first-order chi connectivity index (χ1) is 7.24. The summed E-state index contributed by atoms with van der Waals surface area (Å²) in [5.41, 5.74) is -1.62. The Bertz CT molecular complexity index is 372. The molecule has 1 unspecified atom stereocenters. The Balaban J connectivity index is 2.24. The molecule has 1 aromatic heterocycles. The monoisotopic (exact) mass is 241 g/mol. The highest BCUT2D eigenvalue weighted by Gasteiger charge is 2.56. The van der Waals surface area contributed by atoms with Crippen molar-refractivity contribution in [3.05, 3.63) is 16.6 Å². The van der Waals surface area contributed by atoms with Gasteiger partial charge in [0.2, 0.25) is 0 Å². The van der Waals surface area contributed by atoms with Gasteiger partial charge in [0.05, 0.1) is 16.2 Å². The van der Waals surface area contributed by atoms with Crippen LogP contribution in [-0.4, -0.2) is 26.9 Å². The Morgan fingerprint density at radius 1 is 1.44 bits per heavy atom. The van der Waals surface area contributed by atoms with Gasteiger partial charge in [-0.3, -0.25) is 0 Å². The van der Waals surface area contributed by atoms with Crippen molar-refractivity contribution in [3.8, 4) is 0 Å². The van der Waals surface area contributed by atoms with E-state index in [9.17, 15) is 5.11 Å². The third-order valence-corrected chi connectivity index (χ3v) is 4.08. The number of nitrogens with zero attached hydrogens (tertiary/aromatic N) is 1. The molecule has 0 saturated carbocycles. The van der Waals surface area contributed by atoms with Crippen molar-refractivity contribution in [2.75, 3.05) is 0 Å². The molecule has 2 heterocycles. The maximum atomic E-state index is 10.8. The van der Waals surface area contributed by atoms with Crippen molar-refractivity contribution in [1.82, 2.24) is 4.98 Å². The summed E-state index contributed by atoms with van der Waals surface area (Å²) in [5, 5.41) is 13.7. The van der Waals surface area contributed by atoms with E-state index < -0.39 is 11.2 Å². The number of thiazole rings is 1. The molecule has 0 radical (unpaired) electrons. The number of aliphatic hydroxyl groups is 1. The molecule has 3 nitrogen and oxygen atoms in total. The van der Waals surface area contributed by atoms with E-state index >= 15 is 0 Å². The zero-order valence-corrected chi connectivity index (χ0v) is 11.1. The lowest BCUT2D eigenvalue weighted by atomic mass is 9.80. The molecule has 1 saturated heterocycles. The Morgan fingerprint density at radius 3 is 2.56 bits per heavy atom. The first-order valence-corrected chi connectivity index (χ1v) is 6.43. The third-order valence-electron chi connectivity index (χ3n) is 3.30. The lowest BCUT2D eigenvalue weighted by molar-refractivity contribution is -0.125. The smallest absolute Gasteiger partial charge is 0.102 e. The largest absolute Gasteiger partial charge is 0.386 e. The maximum absolute atomic E-state index is 10.8. The molecule has 0 amide bonds. The second-order valence-electron chi connectivity index (χ2n) is 5.68. The molecule has 0 aliphatic carbocycles. The molecular weight excluding hydrogens is 222 g/mol. The van der Waals surface area contributed by atoms with Crippen LogP contribution in [0.2, 0.25) is 0 Å². The molecule has 0 spiro atoms. The second-order valence-corrected chi connectivity index (χ2v) is 6.66. The van der Waals surface area contributed by atoms with Gasteiger partial charge < -0.3 is 9.84 Å². The molecule has 90 valence electrons. The summed E-state index contributed by atoms with van der Waals surface area (Å²) in [6, 6.07) is 0. The summed E-state index contributed by atoms with van der Waals surface area (Å²) in [7, 11) is 0. The van der Waals surface area contributed by atoms with Crippen LogP contribution < -0.4 is 0 Å². The minimum atomic E-state index is -0.825. The SMILES string of the molecule is CC1(C)CC(O)(Cc2nccs2)C(C)(C)O1. The molecule has 2 rings (SSSR count). The van der Waals surface area contributed by atoms with Gasteiger partial charge in [-0.2, -0.15) is 0 Å². The number of rotatable bonds is 2. The van der Waals surface area contributed by atoms with Gasteiger partial charge >= 0.3 is 0 Å². The summed E-state index contributed by atoms with van der Waals surface area (Å²) >= 11 is 1.58. The first kappa shape index (κ1) is 12.0. The van der Waals surface area contributed by atoms with Crippen LogP contribution in [0.4, 0.5) is 0 Å². The Labute approximate surface area is 100 Å². The van der Waals surface area contributed by atoms with E-state index in [1.54, 1.807) is 17.5 Å². The molecule has 16 heavy (non-hydrogen) atoms. The van der Waals surface area contributed by atoms with Crippen LogP contribution in [0.5, 0.6) is 0 Å². The quantitative estimate of drug-likeness (QED) is 0.864. The average Bonchev–Trinajstić information content (AvgIpc) is 2.56. The molecular formula is C12H19NO2S. The fourth-order valence-corrected chi connectivity index (χ4v) is 3.33. The normalized spacial score (nSPS) is 31.8. The lowest BCUT2D eigenvalue weighted by Crippen LogP contribution is -2.47. The van der Waals surface area contributed by atoms with Crippen molar-refractivity contribution in [1.29, 1.82) is 0 Å². The van der Waals surface area contributed by atoms with Gasteiger partial charge in [-0.25, -0.2) is 4.98 Å². The maximum Gasteiger partial charge on any atom is 0.102 e. The van der Waals surface area contributed by atoms with E-state index in [0.29, 0.717) is 12.8 Å². The number of hydrogen-bond acceptors (Lipinski definition) is 4. The van der Waals surface area contributed by atoms with Crippen LogP contribution in [0.3, 0.4) is 0 Å². The average molecular weight is 241 g/mol. The summed E-state index contributed by atoms with van der Waals surface area (Å²) in [6.45, 7) is 7.95. The fourth-order valence-electron chi connectivity index (χ4n) is 2.60. The molecule has 1 aliphatic rings. The molecule has 1 atom stereocenters. The molecule has 1 aromatic rings. The number of aromatic nitrogens is 1. The summed E-state index contributed by atoms with van der Waals surface area (Å²) in [6.07, 6.45) is 2.99. The first-order valence-electron chi connectivity index (χ1n) is 5.55. The second kappa shape index (κ2) is 3.52. The van der Waals surface area contributed by atoms with E-state index in [0.717, 1.165) is 5.01 Å². The topological polar surface area (TPSA) is 42.4 Å². The van der Waals surface area contributed by atoms with Crippen molar-refractivity contribution in [2.45, 2.75) is 57.3 Å². The minimum absolute atomic E-state index is 0.268. The van der Waals surface area contributed by atoms with E-state index in [1.165, 1.54) is 0 Å². The summed E-state index contributed by atoms with van der Waals surface area (Å²) in [4.78, 5) is 4.24. The summed E-state index contributed by atoms with van der Waals surface area (Å²) in [5.74, 6) is 0. The van der Waals surface area contributed by atoms with Gasteiger partial charge in [-0.15, -0.1) is 11.3 Å². The van der Waals surface area contributed by atoms with E-state index in [4.69, 9.17) is 4.74 Å². The standard InChI is InChI=1S/C12H19NO2S/c1-10(2)8-12(14,11(3,4)15-10)7-9-13-5-6-16-9/h5-6,14H,7-8H2,1-4H3. The van der Waals surface area contributed by atoms with Gasteiger partial charge in [0.15, 0.2) is 0 Å². The Morgan fingerprint density at radius 2 is 2.12 bits per heavy atom. The fraction of sp³-hybridized carbons (Fsp3) is 0.750. The van der Waals surface area contributed by atoms with Crippen LogP contribution in [0.25, 0.3) is 0 Å². The van der Waals surface area contributed by atoms with Gasteiger partial charge in [0, 0.05) is 24.4 Å². The van der Waals surface area contributed by atoms with Crippen LogP contribution in [0.15, 0.2) is 11.6 Å². The van der Waals surface area contributed by atoms with Crippen molar-refractivity contribution < 1.29 is 9.84 Å². The highest BCUT2D eigenvalue weighted by molar-refractivity contribution is 7.09. The Hall–Kier alpha value is -0.450. The van der Waals surface area contributed by atoms with Gasteiger partial charge in [-0.05, 0) is 27.7 Å². The highest BCUT2D eigenvalue weighted by Crippen LogP contribution is 2.46. The van der Waals surface area contributed by atoms with Crippen LogP contribution in [0.1, 0.15) is 39.1 Å². The predicted molar refractivity (Wildman–Crippen MR) is 64.6 cm³/mol. The molecule has 0 aromatic carbocycles. The molecule has 1 fully saturated rings. The zero-order valence-electron chi connectivity index (χ0n) is 10.3. The van der Waals surface area contributed by atoms with E-state index in [1.807, 2.05) is 33.1 Å². The third kappa shape index (κ3) is 2.01. The van der Waals surface area contributed by atoms with Crippen molar-refractivity contribution >= 4 is 11.3 Å². The number of hydrogen-bond donors (Lipinski definition) is 1. The van der Waals surface area contributed by atoms with E-state index in [2.05, 4.69) is 4.98 Å². The molecule has 1 N–H and O–H groups in total. The van der Waals surface area contributed by atoms with E-state index in [-0.39, 0.29) is 5.60 Å². The molecule has 4 heteroatoms. The predicted octanol–water partition coefficient (Wildman–Crippen LogP) is 2.39. The lowest BCUT2D eigenvalue weighted by Gasteiger charge is -2.34. The number of ether oxygens (including phenoxy) is 1. The van der Waals surface area contributed by atoms with Crippen molar-refractivity contribution in [2.24, 2.45) is 0 Å². The zero-order chi connectivity index (χ0) is 12.0.